The first-order valence-corrected chi connectivity index (χ1v) is 10.3. The monoisotopic (exact) mass is 390 g/mol. The van der Waals surface area contributed by atoms with Crippen molar-refractivity contribution in [2.24, 2.45) is 22.9 Å². The van der Waals surface area contributed by atoms with Gasteiger partial charge in [0.25, 0.3) is 0 Å². The number of hydrogen-bond acceptors (Lipinski definition) is 3. The molecule has 4 aliphatic rings. The average molecular weight is 391 g/mol. The maximum Gasteiger partial charge on any atom is 0.187 e. The zero-order valence-electron chi connectivity index (χ0n) is 15.5. The fraction of sp³-hybridized carbons (Fsp3) is 0.600. The van der Waals surface area contributed by atoms with Crippen molar-refractivity contribution in [1.29, 1.82) is 0 Å². The van der Waals surface area contributed by atoms with Crippen LogP contribution in [-0.2, 0) is 0 Å². The van der Waals surface area contributed by atoms with Crippen LogP contribution in [0, 0.1) is 17.8 Å². The van der Waals surface area contributed by atoms with E-state index in [1.165, 1.54) is 38.5 Å². The van der Waals surface area contributed by atoms with E-state index in [-0.39, 0.29) is 5.54 Å². The van der Waals surface area contributed by atoms with Crippen LogP contribution in [0.25, 0.3) is 0 Å². The van der Waals surface area contributed by atoms with Gasteiger partial charge in [0.05, 0.1) is 11.2 Å². The van der Waals surface area contributed by atoms with Gasteiger partial charge in [0.1, 0.15) is 0 Å². The fourth-order valence-electron chi connectivity index (χ4n) is 5.59. The summed E-state index contributed by atoms with van der Waals surface area (Å²) in [5.74, 6) is 2.69. The first-order chi connectivity index (χ1) is 12.4. The number of anilines is 1. The lowest BCUT2D eigenvalue weighted by Gasteiger charge is -2.57. The quantitative estimate of drug-likeness (QED) is 0.459. The Labute approximate surface area is 166 Å². The molecule has 140 valence electrons. The summed E-state index contributed by atoms with van der Waals surface area (Å²) in [6, 6.07) is 5.94. The zero-order chi connectivity index (χ0) is 18.3. The van der Waals surface area contributed by atoms with E-state index in [1.807, 2.05) is 37.2 Å². The molecule has 1 aromatic rings. The molecule has 0 aromatic heterocycles. The van der Waals surface area contributed by atoms with Gasteiger partial charge in [-0.3, -0.25) is 5.43 Å². The number of rotatable bonds is 4. The van der Waals surface area contributed by atoms with Crippen LogP contribution in [0.1, 0.15) is 44.1 Å². The van der Waals surface area contributed by atoms with E-state index in [9.17, 15) is 0 Å². The van der Waals surface area contributed by atoms with E-state index in [0.717, 1.165) is 29.0 Å². The molecule has 0 radical (unpaired) electrons. The number of benzene rings is 1. The van der Waals surface area contributed by atoms with Crippen molar-refractivity contribution < 1.29 is 0 Å². The van der Waals surface area contributed by atoms with Crippen molar-refractivity contribution in [3.05, 3.63) is 28.8 Å². The molecule has 5 rings (SSSR count). The molecular weight excluding hydrogens is 364 g/mol. The summed E-state index contributed by atoms with van der Waals surface area (Å²) in [5, 5.41) is 9.23. The minimum Gasteiger partial charge on any atom is -0.378 e. The van der Waals surface area contributed by atoms with E-state index in [4.69, 9.17) is 23.8 Å². The Kier molecular flexibility index (Phi) is 4.86. The predicted octanol–water partition coefficient (Wildman–Crippen LogP) is 4.17. The van der Waals surface area contributed by atoms with Gasteiger partial charge in [0.15, 0.2) is 5.11 Å². The summed E-state index contributed by atoms with van der Waals surface area (Å²) < 4.78 is 0. The van der Waals surface area contributed by atoms with Crippen LogP contribution in [-0.4, -0.2) is 31.0 Å². The van der Waals surface area contributed by atoms with Crippen molar-refractivity contribution in [1.82, 2.24) is 10.7 Å². The second-order valence-corrected chi connectivity index (χ2v) is 9.44. The highest BCUT2D eigenvalue weighted by Gasteiger charge is 2.51. The largest absolute Gasteiger partial charge is 0.378 e. The van der Waals surface area contributed by atoms with Crippen LogP contribution in [0.2, 0.25) is 5.02 Å². The molecule has 4 bridgehead atoms. The number of nitrogens with zero attached hydrogens (tertiary/aromatic N) is 2. The minimum absolute atomic E-state index is 0.208. The van der Waals surface area contributed by atoms with Gasteiger partial charge in [0.2, 0.25) is 0 Å². The van der Waals surface area contributed by atoms with Gasteiger partial charge >= 0.3 is 0 Å². The molecule has 0 heterocycles. The second-order valence-electron chi connectivity index (χ2n) is 8.62. The molecule has 4 aliphatic carbocycles. The van der Waals surface area contributed by atoms with Crippen molar-refractivity contribution in [2.45, 2.75) is 44.1 Å². The molecule has 4 fully saturated rings. The summed E-state index contributed by atoms with van der Waals surface area (Å²) in [6.07, 6.45) is 9.82. The van der Waals surface area contributed by atoms with E-state index in [0.29, 0.717) is 10.1 Å². The molecule has 0 atom stereocenters. The molecule has 0 amide bonds. The molecule has 0 saturated heterocycles. The summed E-state index contributed by atoms with van der Waals surface area (Å²) in [4.78, 5) is 2.02. The fourth-order valence-corrected chi connectivity index (χ4v) is 6.08. The Balaban J connectivity index is 1.35. The summed E-state index contributed by atoms with van der Waals surface area (Å²) in [5.41, 5.74) is 5.14. The highest BCUT2D eigenvalue weighted by atomic mass is 35.5. The summed E-state index contributed by atoms with van der Waals surface area (Å²) in [6.45, 7) is 0. The average Bonchev–Trinajstić information content (AvgIpc) is 2.54. The van der Waals surface area contributed by atoms with Crippen LogP contribution in [0.3, 0.4) is 0 Å². The molecule has 26 heavy (non-hydrogen) atoms. The van der Waals surface area contributed by atoms with E-state index in [1.54, 1.807) is 6.21 Å². The van der Waals surface area contributed by atoms with Crippen molar-refractivity contribution in [3.8, 4) is 0 Å². The molecule has 6 heteroatoms. The van der Waals surface area contributed by atoms with Gasteiger partial charge in [0, 0.05) is 30.9 Å². The first kappa shape index (κ1) is 18.1. The number of nitrogens with one attached hydrogen (secondary N) is 2. The molecule has 0 spiro atoms. The van der Waals surface area contributed by atoms with Gasteiger partial charge in [-0.25, -0.2) is 0 Å². The Hall–Kier alpha value is -1.33. The highest BCUT2D eigenvalue weighted by molar-refractivity contribution is 7.80. The third-order valence-electron chi connectivity index (χ3n) is 6.29. The lowest BCUT2D eigenvalue weighted by molar-refractivity contribution is -0.0101. The normalized spacial score (nSPS) is 32.0. The lowest BCUT2D eigenvalue weighted by Crippen LogP contribution is -2.61. The third kappa shape index (κ3) is 3.70. The zero-order valence-corrected chi connectivity index (χ0v) is 17.0. The van der Waals surface area contributed by atoms with Gasteiger partial charge in [-0.1, -0.05) is 11.6 Å². The standard InChI is InChI=1S/C20H27ClN4S/c1-25(2)17-4-3-16(18(21)8-17)12-22-24-19(26)23-20-9-13-5-14(10-20)7-15(6-13)11-20/h3-4,8,12-15H,5-7,9-11H2,1-2H3,(H2,23,24,26)/b22-12+. The van der Waals surface area contributed by atoms with Gasteiger partial charge in [-0.15, -0.1) is 0 Å². The third-order valence-corrected chi connectivity index (χ3v) is 6.81. The second kappa shape index (κ2) is 7.01. The smallest absolute Gasteiger partial charge is 0.187 e. The lowest BCUT2D eigenvalue weighted by atomic mass is 9.53. The molecule has 1 aromatic carbocycles. The predicted molar refractivity (Wildman–Crippen MR) is 113 cm³/mol. The first-order valence-electron chi connectivity index (χ1n) is 9.50. The number of thiocarbonyl (C=S) groups is 1. The molecule has 0 aliphatic heterocycles. The van der Waals surface area contributed by atoms with Crippen molar-refractivity contribution >= 4 is 40.8 Å². The number of halogens is 1. The van der Waals surface area contributed by atoms with Crippen molar-refractivity contribution in [2.75, 3.05) is 19.0 Å². The Morgan fingerprint density at radius 3 is 2.35 bits per heavy atom. The topological polar surface area (TPSA) is 39.7 Å². The van der Waals surface area contributed by atoms with Gasteiger partial charge in [-0.05, 0) is 86.7 Å². The van der Waals surface area contributed by atoms with Crippen LogP contribution in [0.5, 0.6) is 0 Å². The SMILES string of the molecule is CN(C)c1ccc(/C=N/NC(=S)NC23CC4CC(CC(C4)C2)C3)c(Cl)c1. The maximum atomic E-state index is 6.34. The molecule has 0 unspecified atom stereocenters. The molecule has 4 nitrogen and oxygen atoms in total. The highest BCUT2D eigenvalue weighted by Crippen LogP contribution is 2.55. The molecule has 4 saturated carbocycles. The summed E-state index contributed by atoms with van der Waals surface area (Å²) >= 11 is 11.9. The number of hydrogen-bond donors (Lipinski definition) is 2. The summed E-state index contributed by atoms with van der Waals surface area (Å²) in [7, 11) is 3.99. The Morgan fingerprint density at radius 2 is 1.81 bits per heavy atom. The van der Waals surface area contributed by atoms with Crippen LogP contribution >= 0.6 is 23.8 Å². The van der Waals surface area contributed by atoms with Gasteiger partial charge < -0.3 is 10.2 Å². The van der Waals surface area contributed by atoms with Crippen LogP contribution < -0.4 is 15.6 Å². The minimum atomic E-state index is 0.208. The van der Waals surface area contributed by atoms with Crippen LogP contribution in [0.15, 0.2) is 23.3 Å². The van der Waals surface area contributed by atoms with E-state index >= 15 is 0 Å². The van der Waals surface area contributed by atoms with E-state index in [2.05, 4.69) is 15.8 Å². The number of hydrazone groups is 1. The van der Waals surface area contributed by atoms with E-state index < -0.39 is 0 Å². The molecular formula is C20H27ClN4S. The molecule has 2 N–H and O–H groups in total. The van der Waals surface area contributed by atoms with Crippen molar-refractivity contribution in [3.63, 3.8) is 0 Å². The van der Waals surface area contributed by atoms with Crippen LogP contribution in [0.4, 0.5) is 5.69 Å². The Morgan fingerprint density at radius 1 is 1.19 bits per heavy atom. The maximum absolute atomic E-state index is 6.34. The van der Waals surface area contributed by atoms with Gasteiger partial charge in [-0.2, -0.15) is 5.10 Å². The Bertz CT molecular complexity index is 695.